The predicted molar refractivity (Wildman–Crippen MR) is 82.2 cm³/mol. The van der Waals surface area contributed by atoms with Crippen LogP contribution in [0.4, 0.5) is 4.79 Å². The Bertz CT molecular complexity index is 467. The van der Waals surface area contributed by atoms with E-state index in [-0.39, 0.29) is 30.6 Å². The summed E-state index contributed by atoms with van der Waals surface area (Å²) in [4.78, 5) is 11.9. The summed E-state index contributed by atoms with van der Waals surface area (Å²) in [6, 6.07) is 10.2. The van der Waals surface area contributed by atoms with E-state index in [1.165, 1.54) is 5.56 Å². The van der Waals surface area contributed by atoms with E-state index in [2.05, 4.69) is 17.4 Å². The SMILES string of the molecule is CC(C)(C)OC(=O)NC1CC(CO)C(c2ccccc2)C1. The molecule has 1 amide bonds. The number of carbonyl (C=O) groups is 1. The Morgan fingerprint density at radius 1 is 1.29 bits per heavy atom. The summed E-state index contributed by atoms with van der Waals surface area (Å²) in [7, 11) is 0. The Morgan fingerprint density at radius 3 is 2.52 bits per heavy atom. The summed E-state index contributed by atoms with van der Waals surface area (Å²) in [6.45, 7) is 5.70. The van der Waals surface area contributed by atoms with Crippen molar-refractivity contribution in [2.45, 2.75) is 51.2 Å². The first-order chi connectivity index (χ1) is 9.89. The van der Waals surface area contributed by atoms with E-state index < -0.39 is 5.60 Å². The number of nitrogens with one attached hydrogen (secondary N) is 1. The van der Waals surface area contributed by atoms with Crippen molar-refractivity contribution < 1.29 is 14.6 Å². The molecule has 0 aromatic heterocycles. The van der Waals surface area contributed by atoms with Crippen LogP contribution in [0, 0.1) is 5.92 Å². The largest absolute Gasteiger partial charge is 0.444 e. The second-order valence-electron chi connectivity index (χ2n) is 6.77. The lowest BCUT2D eigenvalue weighted by atomic mass is 9.89. The summed E-state index contributed by atoms with van der Waals surface area (Å²) in [5.41, 5.74) is 0.739. The van der Waals surface area contributed by atoms with Crippen molar-refractivity contribution >= 4 is 6.09 Å². The van der Waals surface area contributed by atoms with E-state index in [1.807, 2.05) is 39.0 Å². The van der Waals surface area contributed by atoms with E-state index in [9.17, 15) is 9.90 Å². The molecule has 0 bridgehead atoms. The molecule has 1 aliphatic rings. The Labute approximate surface area is 126 Å². The number of hydrogen-bond donors (Lipinski definition) is 2. The van der Waals surface area contributed by atoms with Gasteiger partial charge in [0.15, 0.2) is 0 Å². The molecule has 1 aromatic rings. The highest BCUT2D eigenvalue weighted by molar-refractivity contribution is 5.68. The molecule has 1 saturated carbocycles. The fourth-order valence-electron chi connectivity index (χ4n) is 3.03. The molecule has 3 unspecified atom stereocenters. The number of benzene rings is 1. The van der Waals surface area contributed by atoms with Crippen LogP contribution in [0.25, 0.3) is 0 Å². The van der Waals surface area contributed by atoms with Crippen LogP contribution in [0.1, 0.15) is 45.1 Å². The number of hydrogen-bond acceptors (Lipinski definition) is 3. The van der Waals surface area contributed by atoms with Gasteiger partial charge in [-0.2, -0.15) is 0 Å². The molecule has 1 aliphatic carbocycles. The summed E-state index contributed by atoms with van der Waals surface area (Å²) < 4.78 is 5.30. The van der Waals surface area contributed by atoms with Gasteiger partial charge in [0.25, 0.3) is 0 Å². The first kappa shape index (κ1) is 15.8. The first-order valence-electron chi connectivity index (χ1n) is 7.54. The molecule has 1 fully saturated rings. The summed E-state index contributed by atoms with van der Waals surface area (Å²) in [5.74, 6) is 0.475. The van der Waals surface area contributed by atoms with Crippen molar-refractivity contribution in [3.63, 3.8) is 0 Å². The topological polar surface area (TPSA) is 58.6 Å². The van der Waals surface area contributed by atoms with Crippen molar-refractivity contribution in [3.8, 4) is 0 Å². The standard InChI is InChI=1S/C17H25NO3/c1-17(2,3)21-16(20)18-14-9-13(11-19)15(10-14)12-7-5-4-6-8-12/h4-8,13-15,19H,9-11H2,1-3H3,(H,18,20). The van der Waals surface area contributed by atoms with Crippen LogP contribution in [-0.4, -0.2) is 29.4 Å². The molecule has 0 spiro atoms. The number of rotatable bonds is 3. The normalized spacial score (nSPS) is 25.6. The summed E-state index contributed by atoms with van der Waals surface area (Å²) >= 11 is 0. The molecule has 0 radical (unpaired) electrons. The Morgan fingerprint density at radius 2 is 1.95 bits per heavy atom. The van der Waals surface area contributed by atoms with E-state index >= 15 is 0 Å². The Balaban J connectivity index is 1.98. The zero-order valence-electron chi connectivity index (χ0n) is 13.0. The molecule has 0 aliphatic heterocycles. The fourth-order valence-corrected chi connectivity index (χ4v) is 3.03. The van der Waals surface area contributed by atoms with Crippen LogP contribution >= 0.6 is 0 Å². The maximum Gasteiger partial charge on any atom is 0.407 e. The molecule has 21 heavy (non-hydrogen) atoms. The van der Waals surface area contributed by atoms with Crippen LogP contribution in [-0.2, 0) is 4.74 Å². The van der Waals surface area contributed by atoms with Gasteiger partial charge in [0.2, 0.25) is 0 Å². The second kappa shape index (κ2) is 6.48. The smallest absolute Gasteiger partial charge is 0.407 e. The minimum absolute atomic E-state index is 0.0576. The number of alkyl carbamates (subject to hydrolysis) is 1. The second-order valence-corrected chi connectivity index (χ2v) is 6.77. The molecule has 2 rings (SSSR count). The third-order valence-corrected chi connectivity index (χ3v) is 3.88. The molecule has 1 aromatic carbocycles. The van der Waals surface area contributed by atoms with E-state index in [4.69, 9.17) is 4.74 Å². The van der Waals surface area contributed by atoms with Gasteiger partial charge < -0.3 is 15.2 Å². The van der Waals surface area contributed by atoms with Gasteiger partial charge in [0, 0.05) is 12.6 Å². The molecule has 0 saturated heterocycles. The third-order valence-electron chi connectivity index (χ3n) is 3.88. The summed E-state index contributed by atoms with van der Waals surface area (Å²) in [6.07, 6.45) is 1.25. The van der Waals surface area contributed by atoms with Crippen molar-refractivity contribution in [2.24, 2.45) is 5.92 Å². The minimum atomic E-state index is -0.488. The summed E-state index contributed by atoms with van der Waals surface area (Å²) in [5, 5.41) is 12.5. The fraction of sp³-hybridized carbons (Fsp3) is 0.588. The minimum Gasteiger partial charge on any atom is -0.444 e. The number of aliphatic hydroxyl groups excluding tert-OH is 1. The zero-order chi connectivity index (χ0) is 15.5. The van der Waals surface area contributed by atoms with Crippen molar-refractivity contribution in [1.29, 1.82) is 0 Å². The molecule has 0 heterocycles. The van der Waals surface area contributed by atoms with E-state index in [0.29, 0.717) is 0 Å². The van der Waals surface area contributed by atoms with Crippen LogP contribution in [0.3, 0.4) is 0 Å². The van der Waals surface area contributed by atoms with Gasteiger partial charge in [-0.1, -0.05) is 30.3 Å². The molecular weight excluding hydrogens is 266 g/mol. The number of ether oxygens (including phenoxy) is 1. The third kappa shape index (κ3) is 4.46. The molecule has 3 atom stereocenters. The van der Waals surface area contributed by atoms with Crippen LogP contribution in [0.15, 0.2) is 30.3 Å². The quantitative estimate of drug-likeness (QED) is 0.900. The van der Waals surface area contributed by atoms with Gasteiger partial charge in [-0.05, 0) is 51.0 Å². The van der Waals surface area contributed by atoms with E-state index in [0.717, 1.165) is 12.8 Å². The molecule has 116 valence electrons. The number of carbonyl (C=O) groups excluding carboxylic acids is 1. The predicted octanol–water partition coefficient (Wildman–Crippen LogP) is 3.07. The van der Waals surface area contributed by atoms with Gasteiger partial charge >= 0.3 is 6.09 Å². The van der Waals surface area contributed by atoms with Gasteiger partial charge in [-0.3, -0.25) is 0 Å². The monoisotopic (exact) mass is 291 g/mol. The molecule has 2 N–H and O–H groups in total. The lowest BCUT2D eigenvalue weighted by Gasteiger charge is -2.21. The molecule has 4 nitrogen and oxygen atoms in total. The van der Waals surface area contributed by atoms with Crippen LogP contribution < -0.4 is 5.32 Å². The molecular formula is C17H25NO3. The maximum atomic E-state index is 11.9. The lowest BCUT2D eigenvalue weighted by molar-refractivity contribution is 0.0503. The number of aliphatic hydroxyl groups is 1. The first-order valence-corrected chi connectivity index (χ1v) is 7.54. The van der Waals surface area contributed by atoms with Crippen molar-refractivity contribution in [1.82, 2.24) is 5.32 Å². The van der Waals surface area contributed by atoms with Crippen molar-refractivity contribution in [2.75, 3.05) is 6.61 Å². The van der Waals surface area contributed by atoms with Gasteiger partial charge in [-0.25, -0.2) is 4.79 Å². The Hall–Kier alpha value is -1.55. The highest BCUT2D eigenvalue weighted by Crippen LogP contribution is 2.39. The van der Waals surface area contributed by atoms with Gasteiger partial charge in [-0.15, -0.1) is 0 Å². The highest BCUT2D eigenvalue weighted by Gasteiger charge is 2.36. The van der Waals surface area contributed by atoms with Crippen LogP contribution in [0.2, 0.25) is 0 Å². The maximum absolute atomic E-state index is 11.9. The average molecular weight is 291 g/mol. The van der Waals surface area contributed by atoms with E-state index in [1.54, 1.807) is 0 Å². The van der Waals surface area contributed by atoms with Crippen molar-refractivity contribution in [3.05, 3.63) is 35.9 Å². The average Bonchev–Trinajstić information content (AvgIpc) is 2.80. The van der Waals surface area contributed by atoms with Crippen LogP contribution in [0.5, 0.6) is 0 Å². The lowest BCUT2D eigenvalue weighted by Crippen LogP contribution is -2.38. The number of amides is 1. The zero-order valence-corrected chi connectivity index (χ0v) is 13.0. The Kier molecular flexibility index (Phi) is 4.88. The highest BCUT2D eigenvalue weighted by atomic mass is 16.6. The van der Waals surface area contributed by atoms with Gasteiger partial charge in [0.05, 0.1) is 0 Å². The molecule has 4 heteroatoms. The van der Waals surface area contributed by atoms with Gasteiger partial charge in [0.1, 0.15) is 5.60 Å².